The number of hydrogen-bond acceptors (Lipinski definition) is 4. The number of carbonyl (C=O) groups is 2. The minimum Gasteiger partial charge on any atom is -0.481 e. The van der Waals surface area contributed by atoms with E-state index in [9.17, 15) is 18.0 Å². The van der Waals surface area contributed by atoms with E-state index < -0.39 is 28.2 Å². The maximum absolute atomic E-state index is 11.7. The van der Waals surface area contributed by atoms with Gasteiger partial charge in [-0.3, -0.25) is 14.3 Å². The van der Waals surface area contributed by atoms with Gasteiger partial charge in [0.05, 0.1) is 24.3 Å². The van der Waals surface area contributed by atoms with Gasteiger partial charge in [-0.15, -0.1) is 0 Å². The highest BCUT2D eigenvalue weighted by atomic mass is 32.2. The molecule has 20 heavy (non-hydrogen) atoms. The largest absolute Gasteiger partial charge is 0.481 e. The maximum Gasteiger partial charge on any atom is 0.304 e. The second-order valence-electron chi connectivity index (χ2n) is 4.07. The summed E-state index contributed by atoms with van der Waals surface area (Å²) in [7, 11) is -2.27. The van der Waals surface area contributed by atoms with E-state index >= 15 is 0 Å². The molecule has 0 aliphatic carbocycles. The molecule has 1 amide bonds. The summed E-state index contributed by atoms with van der Waals surface area (Å²) < 4.78 is 25.8. The number of amides is 1. The van der Waals surface area contributed by atoms with E-state index in [1.165, 1.54) is 13.1 Å². The van der Waals surface area contributed by atoms with Crippen LogP contribution in [-0.2, 0) is 26.0 Å². The molecular weight excluding hydrogens is 284 g/mol. The molecule has 8 heteroatoms. The second kappa shape index (κ2) is 6.90. The van der Waals surface area contributed by atoms with Gasteiger partial charge >= 0.3 is 5.97 Å². The summed E-state index contributed by atoms with van der Waals surface area (Å²) in [6.07, 6.45) is -0.443. The molecule has 1 aromatic rings. The van der Waals surface area contributed by atoms with Gasteiger partial charge < -0.3 is 10.4 Å². The first-order chi connectivity index (χ1) is 9.34. The van der Waals surface area contributed by atoms with Crippen molar-refractivity contribution >= 4 is 27.6 Å². The van der Waals surface area contributed by atoms with Crippen LogP contribution in [0.15, 0.2) is 24.3 Å². The van der Waals surface area contributed by atoms with E-state index in [0.29, 0.717) is 5.56 Å². The van der Waals surface area contributed by atoms with E-state index in [0.717, 1.165) is 0 Å². The molecule has 0 spiro atoms. The number of benzene rings is 1. The number of para-hydroxylation sites is 1. The molecule has 110 valence electrons. The number of nitrogens with one attached hydrogen (secondary N) is 2. The Hall–Kier alpha value is -2.09. The molecule has 0 fully saturated rings. The van der Waals surface area contributed by atoms with Crippen molar-refractivity contribution in [3.8, 4) is 0 Å². The summed E-state index contributed by atoms with van der Waals surface area (Å²) in [6, 6.07) is 6.47. The lowest BCUT2D eigenvalue weighted by molar-refractivity contribution is -0.136. The topological polar surface area (TPSA) is 113 Å². The molecule has 0 bridgehead atoms. The summed E-state index contributed by atoms with van der Waals surface area (Å²) >= 11 is 0. The third-order valence-corrected chi connectivity index (χ3v) is 3.77. The molecule has 0 aromatic heterocycles. The minimum absolute atomic E-state index is 0.0358. The molecule has 1 rings (SSSR count). The van der Waals surface area contributed by atoms with E-state index in [1.54, 1.807) is 18.2 Å². The van der Waals surface area contributed by atoms with Crippen molar-refractivity contribution in [3.05, 3.63) is 29.8 Å². The smallest absolute Gasteiger partial charge is 0.304 e. The summed E-state index contributed by atoms with van der Waals surface area (Å²) in [4.78, 5) is 21.8. The fraction of sp³-hybridized carbons (Fsp3) is 0.333. The molecule has 0 saturated carbocycles. The standard InChI is InChI=1S/C12H16N2O5S/c1-13-11(15)8-9-4-2-3-5-10(9)14-20(18,19)7-6-12(16)17/h2-5,14H,6-8H2,1H3,(H,13,15)(H,16,17). The Bertz CT molecular complexity index is 598. The normalized spacial score (nSPS) is 10.8. The highest BCUT2D eigenvalue weighted by Gasteiger charge is 2.15. The molecule has 0 atom stereocenters. The summed E-state index contributed by atoms with van der Waals surface area (Å²) in [5.41, 5.74) is 0.798. The van der Waals surface area contributed by atoms with E-state index in [-0.39, 0.29) is 18.0 Å². The summed E-state index contributed by atoms with van der Waals surface area (Å²) in [6.45, 7) is 0. The highest BCUT2D eigenvalue weighted by molar-refractivity contribution is 7.92. The van der Waals surface area contributed by atoms with Gasteiger partial charge in [0, 0.05) is 7.05 Å². The quantitative estimate of drug-likeness (QED) is 0.665. The van der Waals surface area contributed by atoms with E-state index in [4.69, 9.17) is 5.11 Å². The minimum atomic E-state index is -3.76. The Morgan fingerprint density at radius 2 is 1.90 bits per heavy atom. The Kier molecular flexibility index (Phi) is 5.51. The number of hydrogen-bond donors (Lipinski definition) is 3. The number of likely N-dealkylation sites (N-methyl/N-ethyl adjacent to an activating group) is 1. The Morgan fingerprint density at radius 1 is 1.25 bits per heavy atom. The van der Waals surface area contributed by atoms with Crippen molar-refractivity contribution in [1.82, 2.24) is 5.32 Å². The SMILES string of the molecule is CNC(=O)Cc1ccccc1NS(=O)(=O)CCC(=O)O. The van der Waals surface area contributed by atoms with Gasteiger partial charge in [-0.2, -0.15) is 0 Å². The lowest BCUT2D eigenvalue weighted by Crippen LogP contribution is -2.23. The van der Waals surface area contributed by atoms with Crippen molar-refractivity contribution < 1.29 is 23.1 Å². The molecule has 0 heterocycles. The van der Waals surface area contributed by atoms with Crippen molar-refractivity contribution in [2.24, 2.45) is 0 Å². The molecule has 0 aliphatic heterocycles. The molecule has 0 radical (unpaired) electrons. The number of carbonyl (C=O) groups excluding carboxylic acids is 1. The Labute approximate surface area is 117 Å². The Morgan fingerprint density at radius 3 is 2.50 bits per heavy atom. The molecule has 3 N–H and O–H groups in total. The first kappa shape index (κ1) is 16.0. The predicted molar refractivity (Wildman–Crippen MR) is 73.9 cm³/mol. The van der Waals surface area contributed by atoms with Crippen molar-refractivity contribution in [2.75, 3.05) is 17.5 Å². The van der Waals surface area contributed by atoms with Crippen molar-refractivity contribution in [3.63, 3.8) is 0 Å². The first-order valence-corrected chi connectivity index (χ1v) is 7.50. The van der Waals surface area contributed by atoms with Gasteiger partial charge in [-0.05, 0) is 11.6 Å². The number of carboxylic acid groups (broad SMARTS) is 1. The van der Waals surface area contributed by atoms with Crippen LogP contribution >= 0.6 is 0 Å². The average molecular weight is 300 g/mol. The van der Waals surface area contributed by atoms with Gasteiger partial charge in [0.2, 0.25) is 15.9 Å². The van der Waals surface area contributed by atoms with Crippen LogP contribution in [-0.4, -0.2) is 38.2 Å². The molecule has 7 nitrogen and oxygen atoms in total. The second-order valence-corrected chi connectivity index (χ2v) is 5.91. The zero-order chi connectivity index (χ0) is 15.2. The molecular formula is C12H16N2O5S. The molecule has 1 aromatic carbocycles. The summed E-state index contributed by atoms with van der Waals surface area (Å²) in [5, 5.41) is 11.0. The zero-order valence-corrected chi connectivity index (χ0v) is 11.7. The van der Waals surface area contributed by atoms with Crippen molar-refractivity contribution in [2.45, 2.75) is 12.8 Å². The van der Waals surface area contributed by atoms with Gasteiger partial charge in [0.15, 0.2) is 0 Å². The number of anilines is 1. The maximum atomic E-state index is 11.7. The van der Waals surface area contributed by atoms with Crippen LogP contribution in [0.5, 0.6) is 0 Å². The zero-order valence-electron chi connectivity index (χ0n) is 10.9. The van der Waals surface area contributed by atoms with Gasteiger partial charge in [-0.25, -0.2) is 8.42 Å². The van der Waals surface area contributed by atoms with Crippen LogP contribution < -0.4 is 10.0 Å². The number of carboxylic acids is 1. The van der Waals surface area contributed by atoms with Gasteiger partial charge in [-0.1, -0.05) is 18.2 Å². The fourth-order valence-electron chi connectivity index (χ4n) is 1.48. The molecule has 0 aliphatic rings. The van der Waals surface area contributed by atoms with Gasteiger partial charge in [0.25, 0.3) is 0 Å². The van der Waals surface area contributed by atoms with Crippen molar-refractivity contribution in [1.29, 1.82) is 0 Å². The van der Waals surface area contributed by atoms with E-state index in [1.807, 2.05) is 0 Å². The third-order valence-electron chi connectivity index (χ3n) is 2.50. The van der Waals surface area contributed by atoms with E-state index in [2.05, 4.69) is 10.0 Å². The number of rotatable bonds is 7. The van der Waals surface area contributed by atoms with Crippen LogP contribution in [0.4, 0.5) is 5.69 Å². The number of sulfonamides is 1. The molecule has 0 saturated heterocycles. The molecule has 0 unspecified atom stereocenters. The number of aliphatic carboxylic acids is 1. The fourth-order valence-corrected chi connectivity index (χ4v) is 2.56. The third kappa shape index (κ3) is 5.27. The van der Waals surface area contributed by atoms with Crippen LogP contribution in [0, 0.1) is 0 Å². The van der Waals surface area contributed by atoms with Gasteiger partial charge in [0.1, 0.15) is 0 Å². The average Bonchev–Trinajstić information content (AvgIpc) is 2.38. The van der Waals surface area contributed by atoms with Crippen LogP contribution in [0.25, 0.3) is 0 Å². The first-order valence-electron chi connectivity index (χ1n) is 5.85. The lowest BCUT2D eigenvalue weighted by atomic mass is 10.1. The van der Waals surface area contributed by atoms with Crippen LogP contribution in [0.3, 0.4) is 0 Å². The predicted octanol–water partition coefficient (Wildman–Crippen LogP) is 0.191. The summed E-state index contributed by atoms with van der Waals surface area (Å²) in [5.74, 6) is -1.95. The highest BCUT2D eigenvalue weighted by Crippen LogP contribution is 2.17. The lowest BCUT2D eigenvalue weighted by Gasteiger charge is -2.11. The monoisotopic (exact) mass is 300 g/mol. The van der Waals surface area contributed by atoms with Crippen LogP contribution in [0.2, 0.25) is 0 Å². The van der Waals surface area contributed by atoms with Crippen LogP contribution in [0.1, 0.15) is 12.0 Å². The Balaban J connectivity index is 2.86.